The first-order valence-corrected chi connectivity index (χ1v) is 6.52. The zero-order valence-electron chi connectivity index (χ0n) is 9.41. The summed E-state index contributed by atoms with van der Waals surface area (Å²) >= 11 is 7.64. The molecule has 1 aliphatic heterocycles. The maximum Gasteiger partial charge on any atom is 0.0516 e. The molecule has 1 saturated heterocycles. The molecule has 1 aromatic rings. The van der Waals surface area contributed by atoms with Crippen molar-refractivity contribution in [1.82, 2.24) is 4.90 Å². The van der Waals surface area contributed by atoms with Gasteiger partial charge in [0.25, 0.3) is 0 Å². The van der Waals surface area contributed by atoms with Gasteiger partial charge in [0.15, 0.2) is 0 Å². The fraction of sp³-hybridized carbons (Fsp3) is 0.636. The number of halogens is 2. The van der Waals surface area contributed by atoms with Crippen molar-refractivity contribution in [2.75, 3.05) is 19.6 Å². The molecule has 1 fully saturated rings. The highest BCUT2D eigenvalue weighted by Crippen LogP contribution is 2.30. The van der Waals surface area contributed by atoms with Gasteiger partial charge in [-0.3, -0.25) is 4.90 Å². The minimum Gasteiger partial charge on any atom is -0.330 e. The molecule has 2 rings (SSSR count). The van der Waals surface area contributed by atoms with E-state index in [0.717, 1.165) is 31.2 Å². The van der Waals surface area contributed by atoms with E-state index in [-0.39, 0.29) is 12.4 Å². The zero-order chi connectivity index (χ0) is 10.9. The second-order valence-electron chi connectivity index (χ2n) is 4.71. The number of likely N-dealkylation sites (tertiary alicyclic amines) is 1. The van der Waals surface area contributed by atoms with Crippen molar-refractivity contribution >= 4 is 35.3 Å². The van der Waals surface area contributed by atoms with Crippen LogP contribution in [-0.4, -0.2) is 24.5 Å². The lowest BCUT2D eigenvalue weighted by atomic mass is 9.90. The molecule has 0 aliphatic carbocycles. The number of rotatable bonds is 3. The summed E-state index contributed by atoms with van der Waals surface area (Å²) in [5, 5.41) is 2.85. The molecule has 5 heteroatoms. The molecule has 2 N–H and O–H groups in total. The van der Waals surface area contributed by atoms with Crippen molar-refractivity contribution in [2.24, 2.45) is 11.1 Å². The van der Waals surface area contributed by atoms with E-state index in [9.17, 15) is 0 Å². The maximum atomic E-state index is 5.90. The van der Waals surface area contributed by atoms with Crippen LogP contribution in [0.5, 0.6) is 0 Å². The normalized spacial score (nSPS) is 25.7. The molecule has 16 heavy (non-hydrogen) atoms. The molecule has 0 saturated carbocycles. The molecule has 1 aromatic heterocycles. The third-order valence-electron chi connectivity index (χ3n) is 3.13. The molecule has 1 unspecified atom stereocenters. The van der Waals surface area contributed by atoms with Crippen LogP contribution in [0.1, 0.15) is 18.2 Å². The van der Waals surface area contributed by atoms with Gasteiger partial charge in [-0.2, -0.15) is 0 Å². The molecule has 0 spiro atoms. The third kappa shape index (κ3) is 3.34. The van der Waals surface area contributed by atoms with E-state index in [1.54, 1.807) is 11.3 Å². The molecule has 0 bridgehead atoms. The van der Waals surface area contributed by atoms with Crippen LogP contribution in [0, 0.1) is 5.41 Å². The summed E-state index contributed by atoms with van der Waals surface area (Å²) in [7, 11) is 0. The number of nitrogens with zero attached hydrogens (tertiary/aromatic N) is 1. The van der Waals surface area contributed by atoms with Crippen molar-refractivity contribution in [3.05, 3.63) is 21.3 Å². The fourth-order valence-electron chi connectivity index (χ4n) is 2.08. The molecule has 0 amide bonds. The highest BCUT2D eigenvalue weighted by atomic mass is 35.5. The third-order valence-corrected chi connectivity index (χ3v) is 4.40. The first kappa shape index (κ1) is 14.3. The molecule has 1 aliphatic rings. The molecule has 2 nitrogen and oxygen atoms in total. The van der Waals surface area contributed by atoms with Gasteiger partial charge in [-0.1, -0.05) is 18.5 Å². The summed E-state index contributed by atoms with van der Waals surface area (Å²) in [6.07, 6.45) is 1.21. The minimum atomic E-state index is 0. The Morgan fingerprint density at radius 1 is 1.62 bits per heavy atom. The van der Waals surface area contributed by atoms with Crippen LogP contribution in [0.3, 0.4) is 0 Å². The lowest BCUT2D eigenvalue weighted by molar-refractivity contribution is 0.276. The predicted molar refractivity (Wildman–Crippen MR) is 73.6 cm³/mol. The molecule has 1 atom stereocenters. The van der Waals surface area contributed by atoms with Gasteiger partial charge in [0.05, 0.1) is 5.02 Å². The SMILES string of the molecule is CC1(CN)CCN(Cc2cc(Cl)cs2)C1.Cl. The van der Waals surface area contributed by atoms with E-state index in [4.69, 9.17) is 17.3 Å². The van der Waals surface area contributed by atoms with Crippen molar-refractivity contribution in [1.29, 1.82) is 0 Å². The lowest BCUT2D eigenvalue weighted by Gasteiger charge is -2.22. The first-order valence-electron chi connectivity index (χ1n) is 5.27. The lowest BCUT2D eigenvalue weighted by Crippen LogP contribution is -2.30. The summed E-state index contributed by atoms with van der Waals surface area (Å²) in [5.41, 5.74) is 6.10. The van der Waals surface area contributed by atoms with E-state index < -0.39 is 0 Å². The number of hydrogen-bond acceptors (Lipinski definition) is 3. The van der Waals surface area contributed by atoms with Gasteiger partial charge in [-0.05, 0) is 31.0 Å². The van der Waals surface area contributed by atoms with Crippen LogP contribution in [0.2, 0.25) is 5.02 Å². The predicted octanol–water partition coefficient (Wildman–Crippen LogP) is 2.99. The quantitative estimate of drug-likeness (QED) is 0.923. The minimum absolute atomic E-state index is 0. The van der Waals surface area contributed by atoms with E-state index in [0.29, 0.717) is 5.41 Å². The van der Waals surface area contributed by atoms with Crippen LogP contribution in [-0.2, 0) is 6.54 Å². The Labute approximate surface area is 112 Å². The number of nitrogens with two attached hydrogens (primary N) is 1. The Bertz CT molecular complexity index is 342. The van der Waals surface area contributed by atoms with Gasteiger partial charge in [-0.15, -0.1) is 23.7 Å². The van der Waals surface area contributed by atoms with Crippen molar-refractivity contribution in [3.63, 3.8) is 0 Å². The Morgan fingerprint density at radius 3 is 2.88 bits per heavy atom. The van der Waals surface area contributed by atoms with Gasteiger partial charge >= 0.3 is 0 Å². The van der Waals surface area contributed by atoms with E-state index in [1.807, 2.05) is 5.38 Å². The van der Waals surface area contributed by atoms with E-state index in [2.05, 4.69) is 17.9 Å². The molecule has 92 valence electrons. The Morgan fingerprint density at radius 2 is 2.38 bits per heavy atom. The van der Waals surface area contributed by atoms with Crippen molar-refractivity contribution < 1.29 is 0 Å². The van der Waals surface area contributed by atoms with Crippen LogP contribution < -0.4 is 5.73 Å². The summed E-state index contributed by atoms with van der Waals surface area (Å²) < 4.78 is 0. The average Bonchev–Trinajstić information content (AvgIpc) is 2.76. The van der Waals surface area contributed by atoms with Gasteiger partial charge < -0.3 is 5.73 Å². The summed E-state index contributed by atoms with van der Waals surface area (Å²) in [5.74, 6) is 0. The monoisotopic (exact) mass is 280 g/mol. The Kier molecular flexibility index (Phi) is 5.08. The second kappa shape index (κ2) is 5.69. The van der Waals surface area contributed by atoms with Gasteiger partial charge in [0, 0.05) is 23.3 Å². The Hall–Kier alpha value is 0.200. The standard InChI is InChI=1S/C11H17ClN2S.ClH/c1-11(7-13)2-3-14(8-11)5-10-4-9(12)6-15-10;/h4,6H,2-3,5,7-8,13H2,1H3;1H. The average molecular weight is 281 g/mol. The van der Waals surface area contributed by atoms with Gasteiger partial charge in [0.2, 0.25) is 0 Å². The first-order chi connectivity index (χ1) is 7.11. The molecule has 0 aromatic carbocycles. The largest absolute Gasteiger partial charge is 0.330 e. The van der Waals surface area contributed by atoms with Crippen LogP contribution >= 0.6 is 35.3 Å². The highest BCUT2D eigenvalue weighted by Gasteiger charge is 2.32. The molecule has 0 radical (unpaired) electrons. The van der Waals surface area contributed by atoms with Crippen LogP contribution in [0.4, 0.5) is 0 Å². The van der Waals surface area contributed by atoms with Crippen LogP contribution in [0.15, 0.2) is 11.4 Å². The Balaban J connectivity index is 0.00000128. The summed E-state index contributed by atoms with van der Waals surface area (Å²) in [4.78, 5) is 3.82. The topological polar surface area (TPSA) is 29.3 Å². The van der Waals surface area contributed by atoms with Crippen molar-refractivity contribution in [2.45, 2.75) is 19.9 Å². The smallest absolute Gasteiger partial charge is 0.0516 e. The molecular formula is C11H18Cl2N2S. The zero-order valence-corrected chi connectivity index (χ0v) is 11.8. The van der Waals surface area contributed by atoms with E-state index >= 15 is 0 Å². The number of hydrogen-bond donors (Lipinski definition) is 1. The van der Waals surface area contributed by atoms with Gasteiger partial charge in [0.1, 0.15) is 0 Å². The molecular weight excluding hydrogens is 263 g/mol. The molecule has 2 heterocycles. The van der Waals surface area contributed by atoms with Gasteiger partial charge in [-0.25, -0.2) is 0 Å². The van der Waals surface area contributed by atoms with Crippen LogP contribution in [0.25, 0.3) is 0 Å². The fourth-order valence-corrected chi connectivity index (χ4v) is 3.20. The highest BCUT2D eigenvalue weighted by molar-refractivity contribution is 7.10. The van der Waals surface area contributed by atoms with Crippen molar-refractivity contribution in [3.8, 4) is 0 Å². The maximum absolute atomic E-state index is 5.90. The number of thiophene rings is 1. The second-order valence-corrected chi connectivity index (χ2v) is 6.14. The van der Waals surface area contributed by atoms with E-state index in [1.165, 1.54) is 11.3 Å². The summed E-state index contributed by atoms with van der Waals surface area (Å²) in [6, 6.07) is 2.06. The summed E-state index contributed by atoms with van der Waals surface area (Å²) in [6.45, 7) is 6.35.